The lowest BCUT2D eigenvalue weighted by atomic mass is 9.44. The molecule has 4 bridgehead atoms. The second-order valence-corrected chi connectivity index (χ2v) is 8.12. The molecule has 112 valence electrons. The molecule has 0 radical (unpaired) electrons. The molecule has 5 rings (SSSR count). The second kappa shape index (κ2) is 4.42. The smallest absolute Gasteiger partial charge is 0.231 e. The highest BCUT2D eigenvalue weighted by Crippen LogP contribution is 2.65. The van der Waals surface area contributed by atoms with E-state index in [2.05, 4.69) is 22.2 Å². The van der Waals surface area contributed by atoms with Crippen LogP contribution in [-0.4, -0.2) is 15.9 Å². The molecule has 4 nitrogen and oxygen atoms in total. The van der Waals surface area contributed by atoms with Gasteiger partial charge in [0.05, 0.1) is 5.41 Å². The minimum Gasteiger partial charge on any atom is -0.310 e. The van der Waals surface area contributed by atoms with Crippen molar-refractivity contribution in [2.45, 2.75) is 45.4 Å². The van der Waals surface area contributed by atoms with Gasteiger partial charge in [-0.2, -0.15) is 0 Å². The molecular weight excluding hydrogens is 286 g/mol. The van der Waals surface area contributed by atoms with Crippen LogP contribution in [0.3, 0.4) is 0 Å². The fraction of sp³-hybridized carbons (Fsp3) is 0.688. The summed E-state index contributed by atoms with van der Waals surface area (Å²) in [4.78, 5) is 20.9. The lowest BCUT2D eigenvalue weighted by Gasteiger charge is -2.60. The van der Waals surface area contributed by atoms with Crippen molar-refractivity contribution < 1.29 is 4.79 Å². The van der Waals surface area contributed by atoms with Gasteiger partial charge >= 0.3 is 0 Å². The predicted molar refractivity (Wildman–Crippen MR) is 80.9 cm³/mol. The number of halogens is 1. The first-order valence-corrected chi connectivity index (χ1v) is 8.13. The second-order valence-electron chi connectivity index (χ2n) is 7.73. The summed E-state index contributed by atoms with van der Waals surface area (Å²) >= 11 is 5.87. The molecule has 1 aromatic rings. The Labute approximate surface area is 129 Å². The van der Waals surface area contributed by atoms with E-state index in [-0.39, 0.29) is 11.3 Å². The molecule has 0 saturated heterocycles. The minimum atomic E-state index is -0.184. The molecule has 2 unspecified atom stereocenters. The molecule has 0 aliphatic heterocycles. The number of anilines is 1. The summed E-state index contributed by atoms with van der Waals surface area (Å²) in [5.74, 6) is 2.12. The number of hydrogen-bond acceptors (Lipinski definition) is 3. The van der Waals surface area contributed by atoms with Crippen molar-refractivity contribution in [2.75, 3.05) is 5.32 Å². The highest BCUT2D eigenvalue weighted by atomic mass is 35.5. The van der Waals surface area contributed by atoms with Gasteiger partial charge in [0.25, 0.3) is 0 Å². The summed E-state index contributed by atoms with van der Waals surface area (Å²) < 4.78 is 0. The molecule has 1 heterocycles. The Morgan fingerprint density at radius 2 is 2.00 bits per heavy atom. The molecule has 1 amide bonds. The number of nitrogens with zero attached hydrogens (tertiary/aromatic N) is 2. The van der Waals surface area contributed by atoms with Crippen molar-refractivity contribution in [1.29, 1.82) is 0 Å². The number of carbonyl (C=O) groups is 1. The third kappa shape index (κ3) is 2.24. The van der Waals surface area contributed by atoms with Crippen LogP contribution in [0.25, 0.3) is 0 Å². The number of rotatable bonds is 2. The van der Waals surface area contributed by atoms with Crippen molar-refractivity contribution in [2.24, 2.45) is 22.7 Å². The molecule has 1 N–H and O–H groups in total. The highest BCUT2D eigenvalue weighted by molar-refractivity contribution is 6.29. The van der Waals surface area contributed by atoms with Gasteiger partial charge in [-0.25, -0.2) is 9.97 Å². The molecule has 0 aromatic carbocycles. The Balaban J connectivity index is 1.59. The highest BCUT2D eigenvalue weighted by Gasteiger charge is 2.58. The van der Waals surface area contributed by atoms with E-state index < -0.39 is 0 Å². The van der Waals surface area contributed by atoms with Gasteiger partial charge in [0, 0.05) is 6.07 Å². The van der Waals surface area contributed by atoms with Gasteiger partial charge in [0.15, 0.2) is 0 Å². The van der Waals surface area contributed by atoms with E-state index in [9.17, 15) is 4.79 Å². The van der Waals surface area contributed by atoms with Crippen LogP contribution in [0.2, 0.25) is 5.15 Å². The van der Waals surface area contributed by atoms with E-state index in [1.165, 1.54) is 25.6 Å². The summed E-state index contributed by atoms with van der Waals surface area (Å²) in [6, 6.07) is 1.61. The first-order valence-electron chi connectivity index (χ1n) is 7.75. The molecule has 21 heavy (non-hydrogen) atoms. The Hall–Kier alpha value is -1.16. The zero-order chi connectivity index (χ0) is 14.7. The van der Waals surface area contributed by atoms with Crippen molar-refractivity contribution >= 4 is 23.3 Å². The maximum absolute atomic E-state index is 12.9. The first-order chi connectivity index (χ1) is 9.96. The lowest BCUT2D eigenvalue weighted by molar-refractivity contribution is -0.149. The molecule has 5 heteroatoms. The van der Waals surface area contributed by atoms with Crippen molar-refractivity contribution in [3.63, 3.8) is 0 Å². The van der Waals surface area contributed by atoms with Gasteiger partial charge in [-0.05, 0) is 55.8 Å². The number of nitrogens with one attached hydrogen (secondary N) is 1. The van der Waals surface area contributed by atoms with Crippen molar-refractivity contribution in [3.8, 4) is 0 Å². The van der Waals surface area contributed by atoms with Crippen LogP contribution < -0.4 is 5.32 Å². The lowest BCUT2D eigenvalue weighted by Crippen LogP contribution is -2.55. The third-order valence-corrected chi connectivity index (χ3v) is 5.92. The van der Waals surface area contributed by atoms with E-state index >= 15 is 0 Å². The van der Waals surface area contributed by atoms with Crippen LogP contribution in [0.5, 0.6) is 0 Å². The summed E-state index contributed by atoms with van der Waals surface area (Å²) in [7, 11) is 0. The normalized spacial score (nSPS) is 40.3. The zero-order valence-corrected chi connectivity index (χ0v) is 13.0. The molecule has 4 fully saturated rings. The topological polar surface area (TPSA) is 54.9 Å². The van der Waals surface area contributed by atoms with Gasteiger partial charge in [-0.1, -0.05) is 18.5 Å². The third-order valence-electron chi connectivity index (χ3n) is 5.71. The molecule has 1 aromatic heterocycles. The van der Waals surface area contributed by atoms with Crippen LogP contribution in [0, 0.1) is 22.7 Å². The maximum Gasteiger partial charge on any atom is 0.231 e. The number of amides is 1. The van der Waals surface area contributed by atoms with Gasteiger partial charge in [0.1, 0.15) is 17.3 Å². The quantitative estimate of drug-likeness (QED) is 0.848. The summed E-state index contributed by atoms with van der Waals surface area (Å²) in [6.07, 6.45) is 8.43. The van der Waals surface area contributed by atoms with Crippen molar-refractivity contribution in [1.82, 2.24) is 9.97 Å². The molecular formula is C16H20ClN3O. The van der Waals surface area contributed by atoms with Crippen LogP contribution in [0.15, 0.2) is 12.4 Å². The molecule has 4 aliphatic rings. The number of hydrogen-bond donors (Lipinski definition) is 1. The monoisotopic (exact) mass is 305 g/mol. The molecule has 4 saturated carbocycles. The minimum absolute atomic E-state index is 0.137. The van der Waals surface area contributed by atoms with E-state index in [0.717, 1.165) is 31.1 Å². The van der Waals surface area contributed by atoms with Gasteiger partial charge in [-0.3, -0.25) is 4.79 Å². The average molecular weight is 306 g/mol. The van der Waals surface area contributed by atoms with Gasteiger partial charge in [-0.15, -0.1) is 0 Å². The Morgan fingerprint density at radius 3 is 2.62 bits per heavy atom. The predicted octanol–water partition coefficient (Wildman–Crippen LogP) is 3.68. The SMILES string of the molecule is CC12CC3CC(C1)CC(C(=O)Nc1cc(Cl)ncn1)(C3)C2. The Bertz CT molecular complexity index is 589. The van der Waals surface area contributed by atoms with E-state index in [0.29, 0.717) is 16.4 Å². The molecule has 2 atom stereocenters. The summed E-state index contributed by atoms with van der Waals surface area (Å²) in [5.41, 5.74) is 0.182. The standard InChI is InChI=1S/C16H20ClN3O/c1-15-4-10-2-11(5-15)7-16(6-10,8-15)14(21)20-13-3-12(17)18-9-19-13/h3,9-11H,2,4-8H2,1H3,(H,18,19,20,21). The summed E-state index contributed by atoms with van der Waals surface area (Å²) in [6.45, 7) is 2.37. The first kappa shape index (κ1) is 13.5. The fourth-order valence-electron chi connectivity index (χ4n) is 5.64. The average Bonchev–Trinajstić information content (AvgIpc) is 2.35. The van der Waals surface area contributed by atoms with Crippen molar-refractivity contribution in [3.05, 3.63) is 17.5 Å². The van der Waals surface area contributed by atoms with E-state index in [1.807, 2.05) is 0 Å². The maximum atomic E-state index is 12.9. The van der Waals surface area contributed by atoms with Crippen LogP contribution in [-0.2, 0) is 4.79 Å². The van der Waals surface area contributed by atoms with Crippen LogP contribution in [0.1, 0.15) is 45.4 Å². The van der Waals surface area contributed by atoms with Gasteiger partial charge in [0.2, 0.25) is 5.91 Å². The molecule has 0 spiro atoms. The zero-order valence-electron chi connectivity index (χ0n) is 12.2. The summed E-state index contributed by atoms with van der Waals surface area (Å²) in [5, 5.41) is 3.34. The largest absolute Gasteiger partial charge is 0.310 e. The fourth-order valence-corrected chi connectivity index (χ4v) is 5.78. The van der Waals surface area contributed by atoms with E-state index in [4.69, 9.17) is 11.6 Å². The Morgan fingerprint density at radius 1 is 1.29 bits per heavy atom. The number of carbonyl (C=O) groups excluding carboxylic acids is 1. The van der Waals surface area contributed by atoms with Crippen LogP contribution in [0.4, 0.5) is 5.82 Å². The van der Waals surface area contributed by atoms with E-state index in [1.54, 1.807) is 6.07 Å². The van der Waals surface area contributed by atoms with Crippen LogP contribution >= 0.6 is 11.6 Å². The molecule has 4 aliphatic carbocycles. The number of aromatic nitrogens is 2. The Kier molecular flexibility index (Phi) is 2.84. The van der Waals surface area contributed by atoms with Gasteiger partial charge < -0.3 is 5.32 Å².